The van der Waals surface area contributed by atoms with Gasteiger partial charge in [-0.1, -0.05) is 20.8 Å². The van der Waals surface area contributed by atoms with Crippen LogP contribution in [0.4, 0.5) is 0 Å². The smallest absolute Gasteiger partial charge is 0.120 e. The fraction of sp³-hybridized carbons (Fsp3) is 0.600. The zero-order chi connectivity index (χ0) is 8.74. The first-order valence-corrected chi connectivity index (χ1v) is 3.92. The van der Waals surface area contributed by atoms with Crippen molar-refractivity contribution in [2.24, 2.45) is 5.41 Å². The molecule has 0 bridgehead atoms. The Labute approximate surface area is 68.8 Å². The van der Waals surface area contributed by atoms with Crippen LogP contribution in [-0.2, 0) is 4.79 Å². The molecule has 0 aromatic rings. The SMILES string of the molecule is CC(C)(C)C=C=CCCC=O. The molecule has 0 heterocycles. The van der Waals surface area contributed by atoms with E-state index >= 15 is 0 Å². The summed E-state index contributed by atoms with van der Waals surface area (Å²) in [5, 5.41) is 0. The number of aldehydes is 1. The lowest BCUT2D eigenvalue weighted by Crippen LogP contribution is -1.96. The van der Waals surface area contributed by atoms with Gasteiger partial charge in [0.25, 0.3) is 0 Å². The van der Waals surface area contributed by atoms with Crippen LogP contribution in [0.25, 0.3) is 0 Å². The van der Waals surface area contributed by atoms with Crippen LogP contribution in [-0.4, -0.2) is 6.29 Å². The van der Waals surface area contributed by atoms with Gasteiger partial charge in [0.1, 0.15) is 6.29 Å². The van der Waals surface area contributed by atoms with Crippen LogP contribution in [0.3, 0.4) is 0 Å². The predicted octanol–water partition coefficient (Wildman–Crippen LogP) is 2.72. The molecule has 1 nitrogen and oxygen atoms in total. The van der Waals surface area contributed by atoms with Gasteiger partial charge in [0.05, 0.1) is 0 Å². The molecule has 0 unspecified atom stereocenters. The third-order valence-corrected chi connectivity index (χ3v) is 1.06. The molecular weight excluding hydrogens is 136 g/mol. The lowest BCUT2D eigenvalue weighted by atomic mass is 9.97. The number of unbranched alkanes of at least 4 members (excludes halogenated alkanes) is 1. The van der Waals surface area contributed by atoms with Crippen LogP contribution in [0.1, 0.15) is 33.6 Å². The summed E-state index contributed by atoms with van der Waals surface area (Å²) in [4.78, 5) is 9.91. The molecular formula is C10H16O. The van der Waals surface area contributed by atoms with Gasteiger partial charge in [0, 0.05) is 6.42 Å². The Morgan fingerprint density at radius 3 is 2.36 bits per heavy atom. The molecule has 0 aromatic heterocycles. The first-order valence-electron chi connectivity index (χ1n) is 3.92. The van der Waals surface area contributed by atoms with Crippen LogP contribution in [0.2, 0.25) is 0 Å². The van der Waals surface area contributed by atoms with Gasteiger partial charge in [-0.2, -0.15) is 0 Å². The second-order valence-corrected chi connectivity index (χ2v) is 3.63. The highest BCUT2D eigenvalue weighted by Crippen LogP contribution is 2.13. The third kappa shape index (κ3) is 9.19. The maximum Gasteiger partial charge on any atom is 0.120 e. The molecule has 0 saturated heterocycles. The fourth-order valence-corrected chi connectivity index (χ4v) is 0.544. The maximum absolute atomic E-state index is 9.91. The van der Waals surface area contributed by atoms with Gasteiger partial charge in [0.2, 0.25) is 0 Å². The zero-order valence-electron chi connectivity index (χ0n) is 7.55. The lowest BCUT2D eigenvalue weighted by Gasteiger charge is -2.08. The van der Waals surface area contributed by atoms with Crippen LogP contribution in [0.5, 0.6) is 0 Å². The summed E-state index contributed by atoms with van der Waals surface area (Å²) in [5.74, 6) is 0. The van der Waals surface area contributed by atoms with Gasteiger partial charge in [-0.15, -0.1) is 5.73 Å². The van der Waals surface area contributed by atoms with E-state index in [4.69, 9.17) is 0 Å². The Balaban J connectivity index is 3.72. The van der Waals surface area contributed by atoms with Gasteiger partial charge in [-0.05, 0) is 24.0 Å². The number of rotatable bonds is 3. The molecule has 0 aliphatic carbocycles. The quantitative estimate of drug-likeness (QED) is 0.345. The maximum atomic E-state index is 9.91. The summed E-state index contributed by atoms with van der Waals surface area (Å²) in [6, 6.07) is 0. The van der Waals surface area contributed by atoms with E-state index in [1.165, 1.54) is 0 Å². The summed E-state index contributed by atoms with van der Waals surface area (Å²) in [5.41, 5.74) is 3.24. The van der Waals surface area contributed by atoms with Crippen molar-refractivity contribution in [3.05, 3.63) is 17.9 Å². The monoisotopic (exact) mass is 152 g/mol. The Kier molecular flexibility index (Phi) is 4.56. The first-order chi connectivity index (χ1) is 5.06. The van der Waals surface area contributed by atoms with E-state index in [1.807, 2.05) is 12.2 Å². The number of carbonyl (C=O) groups excluding carboxylic acids is 1. The van der Waals surface area contributed by atoms with Crippen molar-refractivity contribution in [3.63, 3.8) is 0 Å². The Morgan fingerprint density at radius 1 is 1.27 bits per heavy atom. The first kappa shape index (κ1) is 10.2. The summed E-state index contributed by atoms with van der Waals surface area (Å²) < 4.78 is 0. The van der Waals surface area contributed by atoms with E-state index < -0.39 is 0 Å². The number of hydrogen-bond donors (Lipinski definition) is 0. The highest BCUT2D eigenvalue weighted by Gasteiger charge is 2.01. The van der Waals surface area contributed by atoms with E-state index in [9.17, 15) is 4.79 Å². The number of allylic oxidation sites excluding steroid dienone is 1. The predicted molar refractivity (Wildman–Crippen MR) is 47.4 cm³/mol. The summed E-state index contributed by atoms with van der Waals surface area (Å²) in [7, 11) is 0. The summed E-state index contributed by atoms with van der Waals surface area (Å²) >= 11 is 0. The van der Waals surface area contributed by atoms with Gasteiger partial charge in [-0.3, -0.25) is 0 Å². The van der Waals surface area contributed by atoms with Gasteiger partial charge < -0.3 is 4.79 Å². The van der Waals surface area contributed by atoms with Crippen molar-refractivity contribution in [3.8, 4) is 0 Å². The van der Waals surface area contributed by atoms with Gasteiger partial charge in [0.15, 0.2) is 0 Å². The highest BCUT2D eigenvalue weighted by atomic mass is 16.1. The molecule has 0 saturated carbocycles. The highest BCUT2D eigenvalue weighted by molar-refractivity contribution is 5.49. The van der Waals surface area contributed by atoms with E-state index in [0.29, 0.717) is 6.42 Å². The van der Waals surface area contributed by atoms with E-state index in [1.54, 1.807) is 0 Å². The molecule has 0 spiro atoms. The van der Waals surface area contributed by atoms with Crippen molar-refractivity contribution >= 4 is 6.29 Å². The number of hydrogen-bond acceptors (Lipinski definition) is 1. The largest absolute Gasteiger partial charge is 0.303 e. The van der Waals surface area contributed by atoms with Crippen molar-refractivity contribution in [2.75, 3.05) is 0 Å². The van der Waals surface area contributed by atoms with Crippen LogP contribution < -0.4 is 0 Å². The second kappa shape index (κ2) is 4.92. The molecule has 0 fully saturated rings. The molecule has 0 aromatic carbocycles. The van der Waals surface area contributed by atoms with Crippen LogP contribution in [0.15, 0.2) is 17.9 Å². The molecule has 1 heteroatoms. The number of carbonyl (C=O) groups is 1. The second-order valence-electron chi connectivity index (χ2n) is 3.63. The molecule has 0 aliphatic heterocycles. The molecule has 62 valence electrons. The topological polar surface area (TPSA) is 17.1 Å². The Morgan fingerprint density at radius 2 is 1.91 bits per heavy atom. The van der Waals surface area contributed by atoms with Crippen molar-refractivity contribution in [1.82, 2.24) is 0 Å². The van der Waals surface area contributed by atoms with Crippen molar-refractivity contribution in [1.29, 1.82) is 0 Å². The third-order valence-electron chi connectivity index (χ3n) is 1.06. The van der Waals surface area contributed by atoms with Crippen LogP contribution >= 0.6 is 0 Å². The van der Waals surface area contributed by atoms with Gasteiger partial charge >= 0.3 is 0 Å². The average molecular weight is 152 g/mol. The normalized spacial score (nSPS) is 10.1. The minimum Gasteiger partial charge on any atom is -0.303 e. The molecule has 11 heavy (non-hydrogen) atoms. The van der Waals surface area contributed by atoms with Crippen molar-refractivity contribution < 1.29 is 4.79 Å². The minimum atomic E-state index is 0.192. The lowest BCUT2D eigenvalue weighted by molar-refractivity contribution is -0.107. The molecule has 0 radical (unpaired) electrons. The van der Waals surface area contributed by atoms with Crippen LogP contribution in [0, 0.1) is 5.41 Å². The fourth-order valence-electron chi connectivity index (χ4n) is 0.544. The molecule has 0 rings (SSSR count). The molecule has 0 aliphatic rings. The summed E-state index contributed by atoms with van der Waals surface area (Å²) in [6.07, 6.45) is 6.24. The van der Waals surface area contributed by atoms with E-state index in [0.717, 1.165) is 12.7 Å². The van der Waals surface area contributed by atoms with Gasteiger partial charge in [-0.25, -0.2) is 0 Å². The molecule has 0 atom stereocenters. The van der Waals surface area contributed by atoms with E-state index in [2.05, 4.69) is 26.5 Å². The van der Waals surface area contributed by atoms with Crippen molar-refractivity contribution in [2.45, 2.75) is 33.6 Å². The zero-order valence-corrected chi connectivity index (χ0v) is 7.55. The molecule has 0 N–H and O–H groups in total. The Bertz CT molecular complexity index is 166. The average Bonchev–Trinajstić information content (AvgIpc) is 1.85. The minimum absolute atomic E-state index is 0.192. The summed E-state index contributed by atoms with van der Waals surface area (Å²) in [6.45, 7) is 6.36. The Hall–Kier alpha value is -0.810. The molecule has 0 amide bonds. The standard InChI is InChI=1S/C10H16O/c1-10(2,3)8-6-4-5-7-9-11/h4,8-9H,5,7H2,1-3H3. The van der Waals surface area contributed by atoms with E-state index in [-0.39, 0.29) is 5.41 Å².